The third-order valence-electron chi connectivity index (χ3n) is 3.73. The minimum Gasteiger partial charge on any atom is -0.350 e. The first-order valence-electron chi connectivity index (χ1n) is 7.73. The second-order valence-electron chi connectivity index (χ2n) is 5.89. The lowest BCUT2D eigenvalue weighted by Crippen LogP contribution is -2.37. The van der Waals surface area contributed by atoms with Crippen LogP contribution in [0.15, 0.2) is 30.5 Å². The van der Waals surface area contributed by atoms with E-state index >= 15 is 0 Å². The van der Waals surface area contributed by atoms with E-state index in [0.29, 0.717) is 12.1 Å². The summed E-state index contributed by atoms with van der Waals surface area (Å²) in [5.74, 6) is -0.347. The highest BCUT2D eigenvalue weighted by molar-refractivity contribution is 5.95. The fourth-order valence-corrected chi connectivity index (χ4v) is 2.32. The van der Waals surface area contributed by atoms with Crippen LogP contribution in [0.1, 0.15) is 42.7 Å². The quantitative estimate of drug-likeness (QED) is 0.838. The van der Waals surface area contributed by atoms with Crippen molar-refractivity contribution in [2.24, 2.45) is 0 Å². The van der Waals surface area contributed by atoms with Crippen molar-refractivity contribution < 1.29 is 9.18 Å². The lowest BCUT2D eigenvalue weighted by molar-refractivity contribution is 0.0949. The van der Waals surface area contributed by atoms with Gasteiger partial charge in [-0.1, -0.05) is 13.8 Å². The number of nitrogens with zero attached hydrogens (tertiary/aromatic N) is 2. The summed E-state index contributed by atoms with van der Waals surface area (Å²) >= 11 is 0. The molecule has 24 heavy (non-hydrogen) atoms. The van der Waals surface area contributed by atoms with Crippen molar-refractivity contribution in [1.82, 2.24) is 20.4 Å². The van der Waals surface area contributed by atoms with E-state index in [1.165, 1.54) is 12.1 Å². The van der Waals surface area contributed by atoms with Crippen LogP contribution in [-0.4, -0.2) is 35.3 Å². The number of rotatable bonds is 6. The van der Waals surface area contributed by atoms with Gasteiger partial charge < -0.3 is 10.6 Å². The van der Waals surface area contributed by atoms with Gasteiger partial charge in [0.2, 0.25) is 0 Å². The highest BCUT2D eigenvalue weighted by Crippen LogP contribution is 2.23. The topological polar surface area (TPSA) is 58.9 Å². The molecule has 0 aliphatic heterocycles. The molecule has 0 spiro atoms. The van der Waals surface area contributed by atoms with Crippen LogP contribution in [0.3, 0.4) is 0 Å². The summed E-state index contributed by atoms with van der Waals surface area (Å²) < 4.78 is 14.8. The fourth-order valence-electron chi connectivity index (χ4n) is 2.32. The van der Waals surface area contributed by atoms with Crippen LogP contribution in [0.2, 0.25) is 0 Å². The maximum absolute atomic E-state index is 13.1. The number of carbonyl (C=O) groups excluding carboxylic acids is 1. The van der Waals surface area contributed by atoms with E-state index in [1.54, 1.807) is 23.0 Å². The average Bonchev–Trinajstić information content (AvgIpc) is 2.98. The Kier molecular flexibility index (Phi) is 7.38. The zero-order valence-electron chi connectivity index (χ0n) is 14.3. The molecule has 1 amide bonds. The molecule has 1 atom stereocenters. The Morgan fingerprint density at radius 2 is 1.88 bits per heavy atom. The maximum atomic E-state index is 13.1. The Morgan fingerprint density at radius 3 is 2.42 bits per heavy atom. The van der Waals surface area contributed by atoms with Crippen molar-refractivity contribution in [3.63, 3.8) is 0 Å². The van der Waals surface area contributed by atoms with E-state index in [1.807, 2.05) is 27.8 Å². The second-order valence-corrected chi connectivity index (χ2v) is 5.89. The number of benzene rings is 1. The number of carbonyl (C=O) groups is 1. The molecule has 0 radical (unpaired) electrons. The van der Waals surface area contributed by atoms with E-state index in [2.05, 4.69) is 15.7 Å². The predicted octanol–water partition coefficient (Wildman–Crippen LogP) is 2.89. The van der Waals surface area contributed by atoms with Crippen LogP contribution >= 0.6 is 12.4 Å². The summed E-state index contributed by atoms with van der Waals surface area (Å²) in [4.78, 5) is 12.4. The normalized spacial score (nSPS) is 11.9. The minimum atomic E-state index is -0.300. The number of hydrogen-bond donors (Lipinski definition) is 2. The third-order valence-corrected chi connectivity index (χ3v) is 3.73. The van der Waals surface area contributed by atoms with Gasteiger partial charge >= 0.3 is 0 Å². The van der Waals surface area contributed by atoms with E-state index < -0.39 is 0 Å². The molecule has 1 heterocycles. The molecule has 2 N–H and O–H groups in total. The Balaban J connectivity index is 0.00000288. The van der Waals surface area contributed by atoms with Crippen LogP contribution in [0.5, 0.6) is 0 Å². The highest BCUT2D eigenvalue weighted by atomic mass is 35.5. The van der Waals surface area contributed by atoms with Gasteiger partial charge in [-0.05, 0) is 44.2 Å². The standard InChI is InChI=1S/C17H23FN4O.ClH/c1-11(2)16-15(17(23)20-9-12(3)19-4)10-21-22(16)14-7-5-13(18)6-8-14;/h5-8,10-12,19H,9H2,1-4H3,(H,20,23);1H. The molecule has 0 saturated heterocycles. The predicted molar refractivity (Wildman–Crippen MR) is 95.7 cm³/mol. The molecule has 2 rings (SSSR count). The highest BCUT2D eigenvalue weighted by Gasteiger charge is 2.21. The van der Waals surface area contributed by atoms with E-state index in [0.717, 1.165) is 11.4 Å². The Labute approximate surface area is 148 Å². The van der Waals surface area contributed by atoms with E-state index in [-0.39, 0.29) is 36.1 Å². The second kappa shape index (κ2) is 8.80. The molecule has 1 unspecified atom stereocenters. The van der Waals surface area contributed by atoms with Crippen molar-refractivity contribution in [3.8, 4) is 5.69 Å². The molecule has 1 aromatic carbocycles. The molecule has 132 valence electrons. The fraction of sp³-hybridized carbons (Fsp3) is 0.412. The summed E-state index contributed by atoms with van der Waals surface area (Å²) in [6.07, 6.45) is 1.57. The van der Waals surface area contributed by atoms with Gasteiger partial charge in [0.1, 0.15) is 5.82 Å². The Hall–Kier alpha value is -1.92. The van der Waals surface area contributed by atoms with Gasteiger partial charge in [-0.25, -0.2) is 9.07 Å². The molecule has 5 nitrogen and oxygen atoms in total. The van der Waals surface area contributed by atoms with Gasteiger partial charge in [-0.2, -0.15) is 5.10 Å². The zero-order valence-corrected chi connectivity index (χ0v) is 15.2. The number of aromatic nitrogens is 2. The van der Waals surface area contributed by atoms with Gasteiger partial charge in [0.25, 0.3) is 5.91 Å². The number of likely N-dealkylation sites (N-methyl/N-ethyl adjacent to an activating group) is 1. The lowest BCUT2D eigenvalue weighted by atomic mass is 10.0. The monoisotopic (exact) mass is 354 g/mol. The Morgan fingerprint density at radius 1 is 1.25 bits per heavy atom. The molecule has 0 saturated carbocycles. The van der Waals surface area contributed by atoms with E-state index in [9.17, 15) is 9.18 Å². The van der Waals surface area contributed by atoms with E-state index in [4.69, 9.17) is 0 Å². The van der Waals surface area contributed by atoms with Crippen LogP contribution in [-0.2, 0) is 0 Å². The smallest absolute Gasteiger partial charge is 0.254 e. The van der Waals surface area contributed by atoms with Crippen molar-refractivity contribution in [3.05, 3.63) is 47.5 Å². The number of amides is 1. The zero-order chi connectivity index (χ0) is 17.0. The molecule has 7 heteroatoms. The maximum Gasteiger partial charge on any atom is 0.254 e. The molecular formula is C17H24ClFN4O. The molecule has 0 aliphatic rings. The molecule has 1 aromatic heterocycles. The van der Waals surface area contributed by atoms with Crippen LogP contribution in [0.4, 0.5) is 4.39 Å². The summed E-state index contributed by atoms with van der Waals surface area (Å²) in [5, 5.41) is 10.3. The summed E-state index contributed by atoms with van der Waals surface area (Å²) in [6.45, 7) is 6.54. The number of nitrogens with one attached hydrogen (secondary N) is 2. The van der Waals surface area contributed by atoms with Crippen molar-refractivity contribution in [2.75, 3.05) is 13.6 Å². The first-order chi connectivity index (χ1) is 10.9. The number of halogens is 2. The molecule has 0 bridgehead atoms. The van der Waals surface area contributed by atoms with Crippen molar-refractivity contribution in [2.45, 2.75) is 32.7 Å². The van der Waals surface area contributed by atoms with Gasteiger partial charge in [-0.15, -0.1) is 12.4 Å². The van der Waals surface area contributed by atoms with Gasteiger partial charge in [0.05, 0.1) is 23.1 Å². The van der Waals surface area contributed by atoms with Gasteiger partial charge in [0, 0.05) is 12.6 Å². The average molecular weight is 355 g/mol. The summed E-state index contributed by atoms with van der Waals surface area (Å²) in [5.41, 5.74) is 2.09. The SMILES string of the molecule is CNC(C)CNC(=O)c1cnn(-c2ccc(F)cc2)c1C(C)C.Cl. The summed E-state index contributed by atoms with van der Waals surface area (Å²) in [6, 6.07) is 6.26. The minimum absolute atomic E-state index is 0. The van der Waals surface area contributed by atoms with Gasteiger partial charge in [-0.3, -0.25) is 4.79 Å². The molecule has 0 aliphatic carbocycles. The third kappa shape index (κ3) is 4.55. The molecular weight excluding hydrogens is 331 g/mol. The molecule has 0 fully saturated rings. The Bertz CT molecular complexity index is 670. The molecule has 2 aromatic rings. The van der Waals surface area contributed by atoms with Crippen LogP contribution < -0.4 is 10.6 Å². The first kappa shape index (κ1) is 20.1. The van der Waals surface area contributed by atoms with Crippen LogP contribution in [0, 0.1) is 5.82 Å². The largest absolute Gasteiger partial charge is 0.350 e. The summed E-state index contributed by atoms with van der Waals surface area (Å²) in [7, 11) is 1.85. The van der Waals surface area contributed by atoms with Crippen LogP contribution in [0.25, 0.3) is 5.69 Å². The lowest BCUT2D eigenvalue weighted by Gasteiger charge is -2.14. The first-order valence-corrected chi connectivity index (χ1v) is 7.73. The van der Waals surface area contributed by atoms with Gasteiger partial charge in [0.15, 0.2) is 0 Å². The number of hydrogen-bond acceptors (Lipinski definition) is 3. The van der Waals surface area contributed by atoms with Crippen molar-refractivity contribution >= 4 is 18.3 Å². The van der Waals surface area contributed by atoms with Crippen molar-refractivity contribution in [1.29, 1.82) is 0 Å².